The fourth-order valence-corrected chi connectivity index (χ4v) is 0.900. The van der Waals surface area contributed by atoms with E-state index < -0.39 is 11.7 Å². The molecule has 0 fully saturated rings. The number of amides is 1. The lowest BCUT2D eigenvalue weighted by Gasteiger charge is -1.99. The van der Waals surface area contributed by atoms with Gasteiger partial charge in [-0.25, -0.2) is 4.39 Å². The summed E-state index contributed by atoms with van der Waals surface area (Å²) in [5.41, 5.74) is 4.97. The molecule has 0 heterocycles. The minimum absolute atomic E-state index is 0.0543. The van der Waals surface area contributed by atoms with Crippen LogP contribution < -0.4 is 5.73 Å². The summed E-state index contributed by atoms with van der Waals surface area (Å²) in [6, 6.07) is 3.04. The zero-order valence-corrected chi connectivity index (χ0v) is 7.49. The Balaban J connectivity index is 3.12. The van der Waals surface area contributed by atoms with E-state index in [0.717, 1.165) is 18.2 Å². The van der Waals surface area contributed by atoms with E-state index in [-0.39, 0.29) is 17.1 Å². The number of benzene rings is 1. The van der Waals surface area contributed by atoms with Gasteiger partial charge in [-0.15, -0.1) is 0 Å². The Kier molecular flexibility index (Phi) is 2.81. The Morgan fingerprint density at radius 1 is 1.57 bits per heavy atom. The van der Waals surface area contributed by atoms with Crippen LogP contribution in [0.1, 0.15) is 17.3 Å². The number of amidine groups is 1. The molecule has 0 bridgehead atoms. The molecule has 3 N–H and O–H groups in total. The summed E-state index contributed by atoms with van der Waals surface area (Å²) in [5, 5.41) is 9.22. The van der Waals surface area contributed by atoms with Gasteiger partial charge in [-0.3, -0.25) is 4.79 Å². The number of carbonyl (C=O) groups is 1. The Labute approximate surface area is 79.9 Å². The first kappa shape index (κ1) is 10.2. The molecule has 0 aromatic heterocycles. The van der Waals surface area contributed by atoms with Gasteiger partial charge in [-0.2, -0.15) is 4.99 Å². The molecule has 4 nitrogen and oxygen atoms in total. The van der Waals surface area contributed by atoms with Gasteiger partial charge in [-0.1, -0.05) is 0 Å². The van der Waals surface area contributed by atoms with Crippen molar-refractivity contribution in [3.05, 3.63) is 29.6 Å². The van der Waals surface area contributed by atoms with Crippen molar-refractivity contribution in [1.29, 1.82) is 0 Å². The number of aliphatic imine (C=N–C) groups is 1. The van der Waals surface area contributed by atoms with Crippen molar-refractivity contribution in [2.75, 3.05) is 0 Å². The second kappa shape index (κ2) is 3.87. The number of aromatic hydroxyl groups is 1. The average molecular weight is 196 g/mol. The predicted octanol–water partition coefficient (Wildman–Crippen LogP) is 1.05. The molecular weight excluding hydrogens is 187 g/mol. The SMILES string of the molecule is CC(N)=NC(=O)c1cc(F)ccc1O. The zero-order chi connectivity index (χ0) is 10.7. The Bertz CT molecular complexity index is 398. The van der Waals surface area contributed by atoms with E-state index in [1.165, 1.54) is 6.92 Å². The summed E-state index contributed by atoms with van der Waals surface area (Å²) in [7, 11) is 0. The molecule has 74 valence electrons. The number of rotatable bonds is 1. The first-order valence-electron chi connectivity index (χ1n) is 3.84. The van der Waals surface area contributed by atoms with E-state index in [2.05, 4.69) is 4.99 Å². The van der Waals surface area contributed by atoms with E-state index in [1.54, 1.807) is 0 Å². The minimum atomic E-state index is -0.762. The number of nitrogens with two attached hydrogens (primary N) is 1. The molecule has 0 spiro atoms. The van der Waals surface area contributed by atoms with Crippen LogP contribution in [-0.4, -0.2) is 16.8 Å². The number of phenols is 1. The number of hydrogen-bond acceptors (Lipinski definition) is 2. The maximum absolute atomic E-state index is 12.7. The van der Waals surface area contributed by atoms with Crippen LogP contribution in [0.3, 0.4) is 0 Å². The molecule has 14 heavy (non-hydrogen) atoms. The van der Waals surface area contributed by atoms with E-state index >= 15 is 0 Å². The van der Waals surface area contributed by atoms with Crippen molar-refractivity contribution in [3.8, 4) is 5.75 Å². The molecule has 1 aromatic carbocycles. The van der Waals surface area contributed by atoms with Gasteiger partial charge in [0.05, 0.1) is 5.56 Å². The summed E-state index contributed by atoms with van der Waals surface area (Å²) in [6.45, 7) is 1.42. The van der Waals surface area contributed by atoms with Crippen molar-refractivity contribution < 1.29 is 14.3 Å². The third kappa shape index (κ3) is 2.29. The number of hydrogen-bond donors (Lipinski definition) is 2. The van der Waals surface area contributed by atoms with Crippen molar-refractivity contribution in [1.82, 2.24) is 0 Å². The molecular formula is C9H9FN2O2. The smallest absolute Gasteiger partial charge is 0.282 e. The van der Waals surface area contributed by atoms with E-state index in [1.807, 2.05) is 0 Å². The van der Waals surface area contributed by atoms with Gasteiger partial charge in [0.1, 0.15) is 17.4 Å². The second-order valence-corrected chi connectivity index (χ2v) is 2.72. The molecule has 0 atom stereocenters. The van der Waals surface area contributed by atoms with Gasteiger partial charge in [0.2, 0.25) is 0 Å². The van der Waals surface area contributed by atoms with Gasteiger partial charge in [0, 0.05) is 0 Å². The van der Waals surface area contributed by atoms with Crippen molar-refractivity contribution in [2.45, 2.75) is 6.92 Å². The molecule has 5 heteroatoms. The average Bonchev–Trinajstić information content (AvgIpc) is 2.08. The Morgan fingerprint density at radius 3 is 2.79 bits per heavy atom. The number of halogens is 1. The molecule has 0 unspecified atom stereocenters. The lowest BCUT2D eigenvalue weighted by atomic mass is 10.2. The lowest BCUT2D eigenvalue weighted by molar-refractivity contribution is 0.1000. The third-order valence-electron chi connectivity index (χ3n) is 1.47. The fraction of sp³-hybridized carbons (Fsp3) is 0.111. The number of nitrogens with zero attached hydrogens (tertiary/aromatic N) is 1. The normalized spacial score (nSPS) is 11.4. The van der Waals surface area contributed by atoms with Crippen LogP contribution in [0.4, 0.5) is 4.39 Å². The van der Waals surface area contributed by atoms with E-state index in [4.69, 9.17) is 5.73 Å². The van der Waals surface area contributed by atoms with Gasteiger partial charge < -0.3 is 10.8 Å². The van der Waals surface area contributed by atoms with Crippen LogP contribution in [0, 0.1) is 5.82 Å². The highest BCUT2D eigenvalue weighted by Crippen LogP contribution is 2.18. The van der Waals surface area contributed by atoms with E-state index in [9.17, 15) is 14.3 Å². The zero-order valence-electron chi connectivity index (χ0n) is 7.49. The highest BCUT2D eigenvalue weighted by Gasteiger charge is 2.10. The number of phenolic OH excluding ortho intramolecular Hbond substituents is 1. The molecule has 0 aliphatic carbocycles. The van der Waals surface area contributed by atoms with Gasteiger partial charge in [-0.05, 0) is 25.1 Å². The van der Waals surface area contributed by atoms with Gasteiger partial charge in [0.15, 0.2) is 0 Å². The Hall–Kier alpha value is -1.91. The van der Waals surface area contributed by atoms with Gasteiger partial charge >= 0.3 is 0 Å². The summed E-state index contributed by atoms with van der Waals surface area (Å²) < 4.78 is 12.7. The van der Waals surface area contributed by atoms with Crippen molar-refractivity contribution in [3.63, 3.8) is 0 Å². The highest BCUT2D eigenvalue weighted by atomic mass is 19.1. The predicted molar refractivity (Wildman–Crippen MR) is 49.7 cm³/mol. The maximum Gasteiger partial charge on any atom is 0.282 e. The van der Waals surface area contributed by atoms with Gasteiger partial charge in [0.25, 0.3) is 5.91 Å². The third-order valence-corrected chi connectivity index (χ3v) is 1.47. The van der Waals surface area contributed by atoms with Crippen LogP contribution in [-0.2, 0) is 0 Å². The van der Waals surface area contributed by atoms with Crippen molar-refractivity contribution >= 4 is 11.7 Å². The first-order chi connectivity index (χ1) is 6.50. The van der Waals surface area contributed by atoms with E-state index in [0.29, 0.717) is 0 Å². The molecule has 0 aliphatic heterocycles. The second-order valence-electron chi connectivity index (χ2n) is 2.72. The number of carbonyl (C=O) groups excluding carboxylic acids is 1. The summed E-state index contributed by atoms with van der Waals surface area (Å²) >= 11 is 0. The first-order valence-corrected chi connectivity index (χ1v) is 3.84. The molecule has 0 aliphatic rings. The minimum Gasteiger partial charge on any atom is -0.507 e. The van der Waals surface area contributed by atoms with Crippen LogP contribution in [0.5, 0.6) is 5.75 Å². The topological polar surface area (TPSA) is 75.7 Å². The Morgan fingerprint density at radius 2 is 2.21 bits per heavy atom. The fourth-order valence-electron chi connectivity index (χ4n) is 0.900. The molecule has 0 radical (unpaired) electrons. The molecule has 0 saturated heterocycles. The van der Waals surface area contributed by atoms with Crippen LogP contribution in [0.2, 0.25) is 0 Å². The lowest BCUT2D eigenvalue weighted by Crippen LogP contribution is -2.09. The highest BCUT2D eigenvalue weighted by molar-refractivity contribution is 6.03. The van der Waals surface area contributed by atoms with Crippen molar-refractivity contribution in [2.24, 2.45) is 10.7 Å². The monoisotopic (exact) mass is 196 g/mol. The van der Waals surface area contributed by atoms with Crippen LogP contribution in [0.25, 0.3) is 0 Å². The maximum atomic E-state index is 12.7. The summed E-state index contributed by atoms with van der Waals surface area (Å²) in [5.74, 6) is -1.64. The molecule has 1 amide bonds. The molecule has 0 saturated carbocycles. The summed E-state index contributed by atoms with van der Waals surface area (Å²) in [4.78, 5) is 14.6. The van der Waals surface area contributed by atoms with Crippen LogP contribution >= 0.6 is 0 Å². The quantitative estimate of drug-likeness (QED) is 0.520. The molecule has 1 rings (SSSR count). The standard InChI is InChI=1S/C9H9FN2O2/c1-5(11)12-9(14)7-4-6(10)2-3-8(7)13/h2-4,13H,1H3,(H2,11,12,14). The summed E-state index contributed by atoms with van der Waals surface area (Å²) in [6.07, 6.45) is 0. The largest absolute Gasteiger partial charge is 0.507 e. The molecule has 1 aromatic rings. The van der Waals surface area contributed by atoms with Crippen LogP contribution in [0.15, 0.2) is 23.2 Å².